The maximum absolute atomic E-state index is 12.0. The van der Waals surface area contributed by atoms with Crippen molar-refractivity contribution >= 4 is 17.7 Å². The van der Waals surface area contributed by atoms with Gasteiger partial charge in [-0.3, -0.25) is 9.69 Å². The van der Waals surface area contributed by atoms with Crippen molar-refractivity contribution in [2.75, 3.05) is 45.1 Å². The molecule has 26 heavy (non-hydrogen) atoms. The SMILES string of the molecule is Cn1c(SCCC(=O)NCCN2CCOCC2)nnc1-c1ccccc1. The minimum Gasteiger partial charge on any atom is -0.379 e. The summed E-state index contributed by atoms with van der Waals surface area (Å²) >= 11 is 1.55. The Hall–Kier alpha value is -1.90. The van der Waals surface area contributed by atoms with Crippen LogP contribution < -0.4 is 5.32 Å². The molecule has 0 saturated carbocycles. The van der Waals surface area contributed by atoms with Gasteiger partial charge in [0.15, 0.2) is 11.0 Å². The van der Waals surface area contributed by atoms with Crippen LogP contribution in [-0.2, 0) is 16.6 Å². The Balaban J connectivity index is 1.38. The van der Waals surface area contributed by atoms with E-state index in [1.165, 1.54) is 0 Å². The van der Waals surface area contributed by atoms with Crippen LogP contribution in [0.5, 0.6) is 0 Å². The van der Waals surface area contributed by atoms with Crippen molar-refractivity contribution in [3.05, 3.63) is 30.3 Å². The fraction of sp³-hybridized carbons (Fsp3) is 0.500. The number of benzene rings is 1. The van der Waals surface area contributed by atoms with Crippen LogP contribution in [0.3, 0.4) is 0 Å². The zero-order valence-corrected chi connectivity index (χ0v) is 15.9. The fourth-order valence-electron chi connectivity index (χ4n) is 2.78. The van der Waals surface area contributed by atoms with Crippen LogP contribution in [-0.4, -0.2) is 70.7 Å². The summed E-state index contributed by atoms with van der Waals surface area (Å²) in [5.41, 5.74) is 1.04. The lowest BCUT2D eigenvalue weighted by atomic mass is 10.2. The molecular formula is C18H25N5O2S. The van der Waals surface area contributed by atoms with Crippen molar-refractivity contribution in [1.29, 1.82) is 0 Å². The summed E-state index contributed by atoms with van der Waals surface area (Å²) < 4.78 is 7.29. The summed E-state index contributed by atoms with van der Waals surface area (Å²) in [4.78, 5) is 14.3. The third-order valence-corrected chi connectivity index (χ3v) is 5.30. The molecule has 1 fully saturated rings. The predicted octanol–water partition coefficient (Wildman–Crippen LogP) is 1.41. The molecule has 2 heterocycles. The van der Waals surface area contributed by atoms with Crippen molar-refractivity contribution in [3.8, 4) is 11.4 Å². The summed E-state index contributed by atoms with van der Waals surface area (Å²) in [6.07, 6.45) is 0.474. The molecular weight excluding hydrogens is 350 g/mol. The maximum atomic E-state index is 12.0. The zero-order chi connectivity index (χ0) is 18.2. The summed E-state index contributed by atoms with van der Waals surface area (Å²) in [5.74, 6) is 1.60. The fourth-order valence-corrected chi connectivity index (χ4v) is 3.63. The van der Waals surface area contributed by atoms with E-state index in [0.717, 1.165) is 49.4 Å². The number of morpholine rings is 1. The number of thioether (sulfide) groups is 1. The van der Waals surface area contributed by atoms with E-state index in [4.69, 9.17) is 4.74 Å². The average molecular weight is 375 g/mol. The van der Waals surface area contributed by atoms with Crippen LogP contribution in [0.1, 0.15) is 6.42 Å². The molecule has 1 aromatic heterocycles. The smallest absolute Gasteiger partial charge is 0.220 e. The molecule has 2 aromatic rings. The van der Waals surface area contributed by atoms with E-state index in [9.17, 15) is 4.79 Å². The quantitative estimate of drug-likeness (QED) is 0.704. The molecule has 0 unspecified atom stereocenters. The third-order valence-electron chi connectivity index (χ3n) is 4.28. The number of hydrogen-bond donors (Lipinski definition) is 1. The lowest BCUT2D eigenvalue weighted by Gasteiger charge is -2.26. The van der Waals surface area contributed by atoms with Gasteiger partial charge in [-0.1, -0.05) is 42.1 Å². The Morgan fingerprint density at radius 3 is 2.77 bits per heavy atom. The van der Waals surface area contributed by atoms with Crippen LogP contribution >= 0.6 is 11.8 Å². The van der Waals surface area contributed by atoms with Gasteiger partial charge in [-0.05, 0) is 0 Å². The van der Waals surface area contributed by atoms with Crippen LogP contribution in [0.15, 0.2) is 35.5 Å². The van der Waals surface area contributed by atoms with Crippen molar-refractivity contribution in [1.82, 2.24) is 25.0 Å². The van der Waals surface area contributed by atoms with Crippen LogP contribution in [0, 0.1) is 0 Å². The number of carbonyl (C=O) groups excluding carboxylic acids is 1. The molecule has 0 radical (unpaired) electrons. The highest BCUT2D eigenvalue weighted by molar-refractivity contribution is 7.99. The van der Waals surface area contributed by atoms with Gasteiger partial charge in [0.25, 0.3) is 0 Å². The Morgan fingerprint density at radius 2 is 2.00 bits per heavy atom. The van der Waals surface area contributed by atoms with E-state index in [1.807, 2.05) is 41.9 Å². The second-order valence-electron chi connectivity index (χ2n) is 6.13. The van der Waals surface area contributed by atoms with E-state index < -0.39 is 0 Å². The lowest BCUT2D eigenvalue weighted by molar-refractivity contribution is -0.120. The molecule has 140 valence electrons. The first-order valence-electron chi connectivity index (χ1n) is 8.88. The molecule has 3 rings (SSSR count). The lowest BCUT2D eigenvalue weighted by Crippen LogP contribution is -2.41. The standard InChI is InChI=1S/C18H25N5O2S/c1-22-17(15-5-3-2-4-6-15)20-21-18(22)26-14-7-16(24)19-8-9-23-10-12-25-13-11-23/h2-6H,7-14H2,1H3,(H,19,24). The molecule has 1 aliphatic heterocycles. The molecule has 1 saturated heterocycles. The molecule has 8 heteroatoms. The van der Waals surface area contributed by atoms with Crippen LogP contribution in [0.4, 0.5) is 0 Å². The van der Waals surface area contributed by atoms with Crippen molar-refractivity contribution in [2.45, 2.75) is 11.6 Å². The van der Waals surface area contributed by atoms with E-state index in [-0.39, 0.29) is 5.91 Å². The molecule has 1 aliphatic rings. The molecule has 1 aromatic carbocycles. The average Bonchev–Trinajstić information content (AvgIpc) is 3.04. The van der Waals surface area contributed by atoms with Crippen molar-refractivity contribution < 1.29 is 9.53 Å². The van der Waals surface area contributed by atoms with Gasteiger partial charge in [0.1, 0.15) is 0 Å². The summed E-state index contributed by atoms with van der Waals surface area (Å²) in [7, 11) is 1.95. The Labute approximate surface area is 158 Å². The third kappa shape index (κ3) is 5.30. The van der Waals surface area contributed by atoms with Gasteiger partial charge in [0.2, 0.25) is 5.91 Å². The highest BCUT2D eigenvalue weighted by atomic mass is 32.2. The minimum absolute atomic E-state index is 0.0798. The minimum atomic E-state index is 0.0798. The van der Waals surface area contributed by atoms with Gasteiger partial charge >= 0.3 is 0 Å². The summed E-state index contributed by atoms with van der Waals surface area (Å²) in [5, 5.41) is 12.3. The molecule has 0 atom stereocenters. The van der Waals surface area contributed by atoms with E-state index in [0.29, 0.717) is 18.7 Å². The molecule has 0 aliphatic carbocycles. The van der Waals surface area contributed by atoms with Gasteiger partial charge in [-0.15, -0.1) is 10.2 Å². The van der Waals surface area contributed by atoms with Gasteiger partial charge in [-0.2, -0.15) is 0 Å². The molecule has 7 nitrogen and oxygen atoms in total. The molecule has 0 bridgehead atoms. The van der Waals surface area contributed by atoms with Gasteiger partial charge in [0.05, 0.1) is 13.2 Å². The number of hydrogen-bond acceptors (Lipinski definition) is 6. The maximum Gasteiger partial charge on any atom is 0.220 e. The summed E-state index contributed by atoms with van der Waals surface area (Å²) in [6, 6.07) is 9.98. The number of aromatic nitrogens is 3. The van der Waals surface area contributed by atoms with E-state index >= 15 is 0 Å². The van der Waals surface area contributed by atoms with Gasteiger partial charge in [0, 0.05) is 51.0 Å². The first kappa shape index (κ1) is 18.9. The topological polar surface area (TPSA) is 72.3 Å². The normalized spacial score (nSPS) is 15.1. The number of carbonyl (C=O) groups is 1. The number of amides is 1. The molecule has 1 amide bonds. The summed E-state index contributed by atoms with van der Waals surface area (Å²) in [6.45, 7) is 5.03. The molecule has 0 spiro atoms. The molecule has 1 N–H and O–H groups in total. The monoisotopic (exact) mass is 375 g/mol. The first-order valence-corrected chi connectivity index (χ1v) is 9.87. The highest BCUT2D eigenvalue weighted by Crippen LogP contribution is 2.22. The van der Waals surface area contributed by atoms with Crippen LogP contribution in [0.25, 0.3) is 11.4 Å². The first-order chi connectivity index (χ1) is 12.7. The van der Waals surface area contributed by atoms with Gasteiger partial charge < -0.3 is 14.6 Å². The Morgan fingerprint density at radius 1 is 1.23 bits per heavy atom. The zero-order valence-electron chi connectivity index (χ0n) is 15.1. The van der Waals surface area contributed by atoms with Crippen LogP contribution in [0.2, 0.25) is 0 Å². The Bertz CT molecular complexity index is 701. The van der Waals surface area contributed by atoms with Crippen molar-refractivity contribution in [3.63, 3.8) is 0 Å². The largest absolute Gasteiger partial charge is 0.379 e. The van der Waals surface area contributed by atoms with Gasteiger partial charge in [-0.25, -0.2) is 0 Å². The second-order valence-corrected chi connectivity index (χ2v) is 7.20. The number of nitrogens with one attached hydrogen (secondary N) is 1. The highest BCUT2D eigenvalue weighted by Gasteiger charge is 2.12. The Kier molecular flexibility index (Phi) is 7.04. The number of rotatable bonds is 8. The number of nitrogens with zero attached hydrogens (tertiary/aromatic N) is 4. The second kappa shape index (κ2) is 9.70. The number of ether oxygens (including phenoxy) is 1. The van der Waals surface area contributed by atoms with E-state index in [2.05, 4.69) is 20.4 Å². The van der Waals surface area contributed by atoms with Crippen molar-refractivity contribution in [2.24, 2.45) is 7.05 Å². The van der Waals surface area contributed by atoms with E-state index in [1.54, 1.807) is 11.8 Å². The predicted molar refractivity (Wildman–Crippen MR) is 102 cm³/mol.